The third-order valence-electron chi connectivity index (χ3n) is 2.62. The Balaban J connectivity index is 2.54. The second-order valence-corrected chi connectivity index (χ2v) is 4.15. The molecule has 0 aliphatic rings. The van der Waals surface area contributed by atoms with Crippen molar-refractivity contribution in [2.75, 3.05) is 0 Å². The predicted octanol–water partition coefficient (Wildman–Crippen LogP) is 3.15. The largest absolute Gasteiger partial charge is 0.315 e. The highest BCUT2D eigenvalue weighted by molar-refractivity contribution is 7.71. The fraction of sp³-hybridized carbons (Fsp3) is 0.0833. The quantitative estimate of drug-likeness (QED) is 0.474. The van der Waals surface area contributed by atoms with Gasteiger partial charge in [-0.05, 0) is 30.8 Å². The monoisotopic (exact) mass is 227 g/mol. The minimum absolute atomic E-state index is 0.466. The van der Waals surface area contributed by atoms with Gasteiger partial charge in [0.1, 0.15) is 5.65 Å². The van der Waals surface area contributed by atoms with Crippen LogP contribution in [0.25, 0.3) is 21.9 Å². The van der Waals surface area contributed by atoms with E-state index in [9.17, 15) is 0 Å². The molecule has 0 aliphatic carbocycles. The van der Waals surface area contributed by atoms with E-state index in [1.165, 1.54) is 0 Å². The Bertz CT molecular complexity index is 746. The summed E-state index contributed by atoms with van der Waals surface area (Å²) >= 11 is 4.99. The summed E-state index contributed by atoms with van der Waals surface area (Å²) in [7, 11) is 0. The van der Waals surface area contributed by atoms with Crippen LogP contribution in [0.15, 0.2) is 30.5 Å². The van der Waals surface area contributed by atoms with Crippen molar-refractivity contribution in [2.45, 2.75) is 6.92 Å². The van der Waals surface area contributed by atoms with E-state index < -0.39 is 0 Å². The number of pyridine rings is 1. The molecule has 0 radical (unpaired) electrons. The molecule has 0 amide bonds. The molecule has 0 spiro atoms. The van der Waals surface area contributed by atoms with E-state index in [0.29, 0.717) is 4.77 Å². The molecular formula is C12H9N3S. The van der Waals surface area contributed by atoms with E-state index >= 15 is 0 Å². The number of aryl methyl sites for hydroxylation is 1. The van der Waals surface area contributed by atoms with Crippen molar-refractivity contribution in [1.82, 2.24) is 15.0 Å². The lowest BCUT2D eigenvalue weighted by atomic mass is 10.1. The highest BCUT2D eigenvalue weighted by Crippen LogP contribution is 2.20. The molecule has 3 rings (SSSR count). The van der Waals surface area contributed by atoms with Crippen molar-refractivity contribution < 1.29 is 0 Å². The normalized spacial score (nSPS) is 11.1. The number of nitrogens with one attached hydrogen (secondary N) is 1. The maximum absolute atomic E-state index is 4.99. The van der Waals surface area contributed by atoms with Gasteiger partial charge in [-0.1, -0.05) is 18.2 Å². The predicted molar refractivity (Wildman–Crippen MR) is 67.0 cm³/mol. The topological polar surface area (TPSA) is 41.6 Å². The summed E-state index contributed by atoms with van der Waals surface area (Å²) in [5, 5.41) is 2.10. The van der Waals surface area contributed by atoms with Gasteiger partial charge in [0, 0.05) is 17.0 Å². The fourth-order valence-electron chi connectivity index (χ4n) is 1.82. The number of para-hydroxylation sites is 1. The van der Waals surface area contributed by atoms with Gasteiger partial charge in [-0.3, -0.25) is 0 Å². The fourth-order valence-corrected chi connectivity index (χ4v) is 1.97. The summed E-state index contributed by atoms with van der Waals surface area (Å²) in [6.07, 6.45) is 1.75. The molecule has 3 aromatic rings. The van der Waals surface area contributed by atoms with Gasteiger partial charge in [0.25, 0.3) is 0 Å². The van der Waals surface area contributed by atoms with Gasteiger partial charge in [-0.25, -0.2) is 9.97 Å². The van der Waals surface area contributed by atoms with Crippen LogP contribution in [0.5, 0.6) is 0 Å². The van der Waals surface area contributed by atoms with E-state index in [1.807, 2.05) is 6.07 Å². The summed E-state index contributed by atoms with van der Waals surface area (Å²) < 4.78 is 0.466. The van der Waals surface area contributed by atoms with Crippen molar-refractivity contribution in [1.29, 1.82) is 0 Å². The number of fused-ring (bicyclic) bond motifs is 2. The van der Waals surface area contributed by atoms with Crippen LogP contribution in [-0.4, -0.2) is 15.0 Å². The Morgan fingerprint density at radius 3 is 3.00 bits per heavy atom. The van der Waals surface area contributed by atoms with Crippen LogP contribution in [0.3, 0.4) is 0 Å². The Hall–Kier alpha value is -1.81. The first-order chi connectivity index (χ1) is 7.74. The van der Waals surface area contributed by atoms with Crippen LogP contribution >= 0.6 is 12.2 Å². The zero-order valence-electron chi connectivity index (χ0n) is 8.69. The molecule has 78 valence electrons. The molecule has 0 saturated carbocycles. The standard InChI is InChI=1S/C12H9N3S/c1-7-3-2-4-8-5-9-6-13-12(16)15-11(9)14-10(7)8/h2-6H,1H3,(H,13,14,15,16). The lowest BCUT2D eigenvalue weighted by molar-refractivity contribution is 1.16. The minimum atomic E-state index is 0.466. The van der Waals surface area contributed by atoms with E-state index in [4.69, 9.17) is 12.2 Å². The molecule has 4 heteroatoms. The third-order valence-corrected chi connectivity index (χ3v) is 2.83. The number of H-pyrrole nitrogens is 1. The molecule has 3 nitrogen and oxygen atoms in total. The number of rotatable bonds is 0. The number of aromatic amines is 1. The Labute approximate surface area is 97.2 Å². The molecule has 0 saturated heterocycles. The van der Waals surface area contributed by atoms with Crippen molar-refractivity contribution in [3.63, 3.8) is 0 Å². The highest BCUT2D eigenvalue weighted by Gasteiger charge is 2.01. The van der Waals surface area contributed by atoms with Crippen LogP contribution < -0.4 is 0 Å². The second kappa shape index (κ2) is 3.35. The summed E-state index contributed by atoms with van der Waals surface area (Å²) in [6.45, 7) is 2.05. The Kier molecular flexibility index (Phi) is 1.97. The van der Waals surface area contributed by atoms with Gasteiger partial charge in [-0.2, -0.15) is 0 Å². The number of aromatic nitrogens is 3. The molecular weight excluding hydrogens is 218 g/mol. The summed E-state index contributed by atoms with van der Waals surface area (Å²) in [5.41, 5.74) is 2.96. The number of nitrogens with zero attached hydrogens (tertiary/aromatic N) is 2. The lowest BCUT2D eigenvalue weighted by Crippen LogP contribution is -1.90. The summed E-state index contributed by atoms with van der Waals surface area (Å²) in [4.78, 5) is 11.6. The first-order valence-corrected chi connectivity index (χ1v) is 5.40. The Morgan fingerprint density at radius 1 is 1.25 bits per heavy atom. The van der Waals surface area contributed by atoms with Gasteiger partial charge in [0.2, 0.25) is 0 Å². The van der Waals surface area contributed by atoms with Gasteiger partial charge in [0.15, 0.2) is 4.77 Å². The first-order valence-electron chi connectivity index (χ1n) is 4.99. The van der Waals surface area contributed by atoms with Crippen molar-refractivity contribution in [2.24, 2.45) is 0 Å². The minimum Gasteiger partial charge on any atom is -0.315 e. The molecule has 0 bridgehead atoms. The average Bonchev–Trinajstić information content (AvgIpc) is 2.28. The molecule has 0 aliphatic heterocycles. The van der Waals surface area contributed by atoms with E-state index in [1.54, 1.807) is 6.20 Å². The molecule has 0 fully saturated rings. The van der Waals surface area contributed by atoms with Gasteiger partial charge in [0.05, 0.1) is 5.52 Å². The molecule has 1 N–H and O–H groups in total. The maximum atomic E-state index is 4.99. The van der Waals surface area contributed by atoms with E-state index in [0.717, 1.165) is 27.5 Å². The van der Waals surface area contributed by atoms with Gasteiger partial charge in [-0.15, -0.1) is 0 Å². The van der Waals surface area contributed by atoms with Crippen LogP contribution in [-0.2, 0) is 0 Å². The zero-order valence-corrected chi connectivity index (χ0v) is 9.51. The first kappa shape index (κ1) is 9.42. The van der Waals surface area contributed by atoms with Crippen LogP contribution in [0.4, 0.5) is 0 Å². The molecule has 1 aromatic carbocycles. The highest BCUT2D eigenvalue weighted by atomic mass is 32.1. The maximum Gasteiger partial charge on any atom is 0.198 e. The Morgan fingerprint density at radius 2 is 2.12 bits per heavy atom. The van der Waals surface area contributed by atoms with E-state index in [2.05, 4.69) is 40.1 Å². The lowest BCUT2D eigenvalue weighted by Gasteiger charge is -2.03. The molecule has 0 atom stereocenters. The number of hydrogen-bond acceptors (Lipinski definition) is 3. The van der Waals surface area contributed by atoms with E-state index in [-0.39, 0.29) is 0 Å². The number of benzene rings is 1. The molecule has 2 aromatic heterocycles. The van der Waals surface area contributed by atoms with Crippen molar-refractivity contribution in [3.8, 4) is 0 Å². The third kappa shape index (κ3) is 1.39. The van der Waals surface area contributed by atoms with Crippen LogP contribution in [0, 0.1) is 11.7 Å². The summed E-state index contributed by atoms with van der Waals surface area (Å²) in [5.74, 6) is 0. The molecule has 0 unspecified atom stereocenters. The van der Waals surface area contributed by atoms with Gasteiger partial charge >= 0.3 is 0 Å². The molecule has 16 heavy (non-hydrogen) atoms. The van der Waals surface area contributed by atoms with Crippen LogP contribution in [0.2, 0.25) is 0 Å². The number of hydrogen-bond donors (Lipinski definition) is 1. The van der Waals surface area contributed by atoms with Crippen LogP contribution in [0.1, 0.15) is 5.56 Å². The summed E-state index contributed by atoms with van der Waals surface area (Å²) in [6, 6.07) is 8.21. The SMILES string of the molecule is Cc1cccc2cc3cnc(=S)[nH]c3nc12. The average molecular weight is 227 g/mol. The smallest absolute Gasteiger partial charge is 0.198 e. The van der Waals surface area contributed by atoms with Crippen molar-refractivity contribution in [3.05, 3.63) is 40.8 Å². The second-order valence-electron chi connectivity index (χ2n) is 3.76. The molecule has 2 heterocycles. The van der Waals surface area contributed by atoms with Gasteiger partial charge < -0.3 is 4.98 Å². The zero-order chi connectivity index (χ0) is 11.1. The van der Waals surface area contributed by atoms with Crippen molar-refractivity contribution >= 4 is 34.2 Å².